The van der Waals surface area contributed by atoms with Crippen LogP contribution >= 0.6 is 12.6 Å². The topological polar surface area (TPSA) is 78.5 Å². The summed E-state index contributed by atoms with van der Waals surface area (Å²) in [6, 6.07) is 13.4. The van der Waals surface area contributed by atoms with Gasteiger partial charge in [-0.2, -0.15) is 12.6 Å². The SMILES string of the molecule is Cc1ccccc1-n1c(C(S)c2ncnc3c2ncn3C)nc2cccc(C)c2c1=O. The van der Waals surface area contributed by atoms with E-state index < -0.39 is 5.25 Å². The third-order valence-electron chi connectivity index (χ3n) is 5.52. The molecular weight excluding hydrogens is 408 g/mol. The van der Waals surface area contributed by atoms with Crippen LogP contribution in [0.25, 0.3) is 27.8 Å². The Kier molecular flexibility index (Phi) is 4.59. The van der Waals surface area contributed by atoms with Crippen LogP contribution in [0.15, 0.2) is 59.9 Å². The normalized spacial score (nSPS) is 12.5. The van der Waals surface area contributed by atoms with E-state index in [-0.39, 0.29) is 5.56 Å². The fraction of sp³-hybridized carbons (Fsp3) is 0.174. The van der Waals surface area contributed by atoms with Crippen molar-refractivity contribution < 1.29 is 0 Å². The molecular formula is C23H20N6OS. The summed E-state index contributed by atoms with van der Waals surface area (Å²) in [4.78, 5) is 31.9. The van der Waals surface area contributed by atoms with Crippen LogP contribution in [0.3, 0.4) is 0 Å². The van der Waals surface area contributed by atoms with Gasteiger partial charge in [0.15, 0.2) is 5.65 Å². The van der Waals surface area contributed by atoms with Crippen molar-refractivity contribution in [3.8, 4) is 5.69 Å². The molecule has 0 saturated heterocycles. The molecule has 3 heterocycles. The lowest BCUT2D eigenvalue weighted by Gasteiger charge is -2.19. The van der Waals surface area contributed by atoms with Gasteiger partial charge in [-0.15, -0.1) is 0 Å². The van der Waals surface area contributed by atoms with E-state index in [4.69, 9.17) is 17.6 Å². The number of para-hydroxylation sites is 1. The maximum Gasteiger partial charge on any atom is 0.266 e. The number of fused-ring (bicyclic) bond motifs is 2. The number of hydrogen-bond donors (Lipinski definition) is 1. The fourth-order valence-corrected chi connectivity index (χ4v) is 4.29. The zero-order chi connectivity index (χ0) is 21.7. The smallest absolute Gasteiger partial charge is 0.266 e. The third kappa shape index (κ3) is 3.02. The Morgan fingerprint density at radius 2 is 1.74 bits per heavy atom. The van der Waals surface area contributed by atoms with E-state index in [1.807, 2.05) is 67.9 Å². The summed E-state index contributed by atoms with van der Waals surface area (Å²) >= 11 is 4.89. The van der Waals surface area contributed by atoms with Gasteiger partial charge in [0.2, 0.25) is 0 Å². The van der Waals surface area contributed by atoms with Crippen molar-refractivity contribution in [2.45, 2.75) is 19.1 Å². The van der Waals surface area contributed by atoms with Crippen LogP contribution in [0.5, 0.6) is 0 Å². The molecule has 0 aliphatic rings. The average Bonchev–Trinajstić information content (AvgIpc) is 3.15. The molecule has 0 N–H and O–H groups in total. The van der Waals surface area contributed by atoms with Gasteiger partial charge in [-0.05, 0) is 37.1 Å². The van der Waals surface area contributed by atoms with Crippen molar-refractivity contribution in [3.05, 3.63) is 88.1 Å². The van der Waals surface area contributed by atoms with E-state index in [0.29, 0.717) is 33.6 Å². The quantitative estimate of drug-likeness (QED) is 0.444. The summed E-state index contributed by atoms with van der Waals surface area (Å²) in [5.41, 5.74) is 5.07. The Labute approximate surface area is 183 Å². The largest absolute Gasteiger partial charge is 0.318 e. The first-order chi connectivity index (χ1) is 15.0. The van der Waals surface area contributed by atoms with E-state index in [0.717, 1.165) is 16.8 Å². The molecule has 0 aliphatic carbocycles. The van der Waals surface area contributed by atoms with Crippen molar-refractivity contribution >= 4 is 34.7 Å². The average molecular weight is 429 g/mol. The summed E-state index contributed by atoms with van der Waals surface area (Å²) in [5.74, 6) is 0.492. The van der Waals surface area contributed by atoms with Gasteiger partial charge < -0.3 is 4.57 Å². The van der Waals surface area contributed by atoms with Crippen molar-refractivity contribution in [2.24, 2.45) is 7.05 Å². The highest BCUT2D eigenvalue weighted by molar-refractivity contribution is 7.80. The van der Waals surface area contributed by atoms with Gasteiger partial charge in [-0.25, -0.2) is 19.9 Å². The Morgan fingerprint density at radius 1 is 0.968 bits per heavy atom. The van der Waals surface area contributed by atoms with E-state index in [1.165, 1.54) is 6.33 Å². The van der Waals surface area contributed by atoms with Crippen molar-refractivity contribution in [1.29, 1.82) is 0 Å². The number of hydrogen-bond acceptors (Lipinski definition) is 6. The van der Waals surface area contributed by atoms with E-state index in [2.05, 4.69) is 15.0 Å². The highest BCUT2D eigenvalue weighted by Gasteiger charge is 2.25. The van der Waals surface area contributed by atoms with Crippen LogP contribution in [0, 0.1) is 13.8 Å². The van der Waals surface area contributed by atoms with Gasteiger partial charge in [0.1, 0.15) is 22.9 Å². The first-order valence-corrected chi connectivity index (χ1v) is 10.4. The number of imidazole rings is 1. The monoisotopic (exact) mass is 428 g/mol. The van der Waals surface area contributed by atoms with Gasteiger partial charge in [-0.3, -0.25) is 9.36 Å². The molecule has 2 aromatic carbocycles. The number of aromatic nitrogens is 6. The molecule has 0 fully saturated rings. The van der Waals surface area contributed by atoms with E-state index in [1.54, 1.807) is 10.9 Å². The molecule has 5 aromatic rings. The van der Waals surface area contributed by atoms with Crippen molar-refractivity contribution in [1.82, 2.24) is 29.1 Å². The van der Waals surface area contributed by atoms with Crippen molar-refractivity contribution in [2.75, 3.05) is 0 Å². The fourth-order valence-electron chi connectivity index (χ4n) is 3.93. The second kappa shape index (κ2) is 7.31. The minimum atomic E-state index is -0.586. The Balaban J connectivity index is 1.87. The van der Waals surface area contributed by atoms with Gasteiger partial charge in [0.25, 0.3) is 5.56 Å². The van der Waals surface area contributed by atoms with Crippen LogP contribution in [0.1, 0.15) is 27.9 Å². The Hall–Kier alpha value is -3.52. The van der Waals surface area contributed by atoms with E-state index >= 15 is 0 Å². The molecule has 8 heteroatoms. The van der Waals surface area contributed by atoms with Gasteiger partial charge >= 0.3 is 0 Å². The molecule has 5 rings (SSSR count). The Morgan fingerprint density at radius 3 is 2.55 bits per heavy atom. The number of rotatable bonds is 3. The maximum atomic E-state index is 13.8. The lowest BCUT2D eigenvalue weighted by Crippen LogP contribution is -2.26. The predicted octanol–water partition coefficient (Wildman–Crippen LogP) is 3.70. The summed E-state index contributed by atoms with van der Waals surface area (Å²) in [5, 5.41) is 0.0123. The van der Waals surface area contributed by atoms with Crippen LogP contribution in [-0.2, 0) is 7.05 Å². The highest BCUT2D eigenvalue weighted by atomic mass is 32.1. The maximum absolute atomic E-state index is 13.8. The highest BCUT2D eigenvalue weighted by Crippen LogP contribution is 2.31. The molecule has 0 radical (unpaired) electrons. The molecule has 1 atom stereocenters. The lowest BCUT2D eigenvalue weighted by molar-refractivity contribution is 0.824. The molecule has 0 bridgehead atoms. The lowest BCUT2D eigenvalue weighted by atomic mass is 10.1. The second-order valence-corrected chi connectivity index (χ2v) is 8.07. The zero-order valence-electron chi connectivity index (χ0n) is 17.3. The Bertz CT molecular complexity index is 1520. The first-order valence-electron chi connectivity index (χ1n) is 9.85. The molecule has 3 aromatic heterocycles. The number of nitrogens with zero attached hydrogens (tertiary/aromatic N) is 6. The summed E-state index contributed by atoms with van der Waals surface area (Å²) in [6.45, 7) is 3.90. The standard InChI is InChI=1S/C23H20N6OS/c1-13-7-4-5-10-16(13)29-22(27-15-9-6-8-14(2)17(15)23(29)30)20(31)18-19-21(25-11-24-18)28(3)12-26-19/h4-12,20,31H,1-3H3. The number of thiol groups is 1. The van der Waals surface area contributed by atoms with Gasteiger partial charge in [-0.1, -0.05) is 30.3 Å². The second-order valence-electron chi connectivity index (χ2n) is 7.56. The molecule has 0 aliphatic heterocycles. The van der Waals surface area contributed by atoms with Crippen LogP contribution < -0.4 is 5.56 Å². The molecule has 0 saturated carbocycles. The van der Waals surface area contributed by atoms with Gasteiger partial charge in [0.05, 0.1) is 28.6 Å². The number of aryl methyl sites for hydroxylation is 3. The van der Waals surface area contributed by atoms with Crippen molar-refractivity contribution in [3.63, 3.8) is 0 Å². The third-order valence-corrected chi connectivity index (χ3v) is 5.99. The molecule has 0 amide bonds. The van der Waals surface area contributed by atoms with Crippen LogP contribution in [-0.4, -0.2) is 29.1 Å². The number of benzene rings is 2. The van der Waals surface area contributed by atoms with Gasteiger partial charge in [0, 0.05) is 7.05 Å². The van der Waals surface area contributed by atoms with E-state index in [9.17, 15) is 4.79 Å². The first kappa shape index (κ1) is 19.4. The molecule has 1 unspecified atom stereocenters. The molecule has 0 spiro atoms. The zero-order valence-corrected chi connectivity index (χ0v) is 18.2. The summed E-state index contributed by atoms with van der Waals surface area (Å²) in [6.07, 6.45) is 3.18. The summed E-state index contributed by atoms with van der Waals surface area (Å²) < 4.78 is 3.48. The minimum Gasteiger partial charge on any atom is -0.318 e. The minimum absolute atomic E-state index is 0.127. The molecule has 154 valence electrons. The molecule has 31 heavy (non-hydrogen) atoms. The van der Waals surface area contributed by atoms with Crippen LogP contribution in [0.2, 0.25) is 0 Å². The van der Waals surface area contributed by atoms with Crippen LogP contribution in [0.4, 0.5) is 0 Å². The molecule has 7 nitrogen and oxygen atoms in total. The predicted molar refractivity (Wildman–Crippen MR) is 124 cm³/mol. The summed E-state index contributed by atoms with van der Waals surface area (Å²) in [7, 11) is 1.87.